The molecule has 3 unspecified atom stereocenters. The summed E-state index contributed by atoms with van der Waals surface area (Å²) in [5, 5.41) is 2.66. The van der Waals surface area contributed by atoms with Gasteiger partial charge in [0.05, 0.1) is 0 Å². The maximum atomic E-state index is 2.55. The van der Waals surface area contributed by atoms with Crippen LogP contribution in [-0.4, -0.2) is 0 Å². The van der Waals surface area contributed by atoms with Crippen molar-refractivity contribution in [1.29, 1.82) is 0 Å². The van der Waals surface area contributed by atoms with Gasteiger partial charge in [0, 0.05) is 55.0 Å². The molecule has 1 nitrogen and oxygen atoms in total. The average molecular weight is 668 g/mol. The highest BCUT2D eigenvalue weighted by Crippen LogP contribution is 2.71. The van der Waals surface area contributed by atoms with E-state index in [9.17, 15) is 0 Å². The third-order valence-electron chi connectivity index (χ3n) is 11.3. The minimum Gasteiger partial charge on any atom is -0.314 e. The molecule has 7 aromatic carbocycles. The Morgan fingerprint density at radius 1 is 0.392 bits per heavy atom. The Morgan fingerprint density at radius 3 is 1.71 bits per heavy atom. The molecule has 3 aliphatic rings. The number of thiophene rings is 1. The van der Waals surface area contributed by atoms with Gasteiger partial charge < -0.3 is 4.90 Å². The van der Waals surface area contributed by atoms with Crippen molar-refractivity contribution in [3.05, 3.63) is 199 Å². The normalized spacial score (nSPS) is 18.2. The molecule has 1 saturated carbocycles. The molecule has 3 atom stereocenters. The topological polar surface area (TPSA) is 3.24 Å². The Labute approximate surface area is 302 Å². The Kier molecular flexibility index (Phi) is 6.38. The second-order valence-corrected chi connectivity index (χ2v) is 15.2. The van der Waals surface area contributed by atoms with Crippen LogP contribution in [0.1, 0.15) is 17.0 Å². The first-order valence-corrected chi connectivity index (χ1v) is 18.7. The van der Waals surface area contributed by atoms with Gasteiger partial charge in [-0.15, -0.1) is 11.3 Å². The van der Waals surface area contributed by atoms with Crippen molar-refractivity contribution in [1.82, 2.24) is 0 Å². The van der Waals surface area contributed by atoms with Crippen molar-refractivity contribution < 1.29 is 0 Å². The minimum absolute atomic E-state index is 0.491. The molecule has 0 spiro atoms. The van der Waals surface area contributed by atoms with Crippen LogP contribution in [0, 0.1) is 11.8 Å². The van der Waals surface area contributed by atoms with Crippen molar-refractivity contribution in [2.24, 2.45) is 11.8 Å². The molecular formula is C49H33NS. The molecule has 1 heterocycles. The maximum absolute atomic E-state index is 2.55. The van der Waals surface area contributed by atoms with Crippen molar-refractivity contribution in [2.45, 2.75) is 5.92 Å². The predicted molar refractivity (Wildman–Crippen MR) is 216 cm³/mol. The Balaban J connectivity index is 1.04. The zero-order chi connectivity index (χ0) is 33.5. The number of fused-ring (bicyclic) bond motifs is 7. The molecular weight excluding hydrogens is 635 g/mol. The second-order valence-electron chi connectivity index (χ2n) is 14.1. The van der Waals surface area contributed by atoms with Gasteiger partial charge in [0.15, 0.2) is 0 Å². The van der Waals surface area contributed by atoms with Gasteiger partial charge in [0.25, 0.3) is 0 Å². The molecule has 0 bridgehead atoms. The number of benzene rings is 7. The van der Waals surface area contributed by atoms with Gasteiger partial charge >= 0.3 is 0 Å². The molecule has 11 rings (SSSR count). The lowest BCUT2D eigenvalue weighted by molar-refractivity contribution is 0.858. The fourth-order valence-corrected chi connectivity index (χ4v) is 9.97. The van der Waals surface area contributed by atoms with Crippen LogP contribution in [0.25, 0.3) is 59.1 Å². The van der Waals surface area contributed by atoms with Crippen LogP contribution in [0.15, 0.2) is 188 Å². The van der Waals surface area contributed by atoms with Gasteiger partial charge in [0.1, 0.15) is 0 Å². The van der Waals surface area contributed by atoms with E-state index in [0.29, 0.717) is 17.8 Å². The number of anilines is 2. The monoisotopic (exact) mass is 667 g/mol. The van der Waals surface area contributed by atoms with Gasteiger partial charge in [-0.05, 0) is 111 Å². The molecule has 0 N–H and O–H groups in total. The molecule has 3 aliphatic carbocycles. The molecule has 1 fully saturated rings. The van der Waals surface area contributed by atoms with Crippen LogP contribution in [0.4, 0.5) is 11.4 Å². The first kappa shape index (κ1) is 28.8. The van der Waals surface area contributed by atoms with Crippen LogP contribution in [0.5, 0.6) is 0 Å². The summed E-state index contributed by atoms with van der Waals surface area (Å²) in [6.07, 6.45) is 4.81. The van der Waals surface area contributed by atoms with E-state index in [0.717, 1.165) is 0 Å². The number of rotatable bonds is 6. The summed E-state index contributed by atoms with van der Waals surface area (Å²) >= 11 is 1.88. The van der Waals surface area contributed by atoms with Gasteiger partial charge in [0.2, 0.25) is 0 Å². The molecule has 8 aromatic rings. The van der Waals surface area contributed by atoms with Crippen LogP contribution in [0.3, 0.4) is 0 Å². The number of allylic oxidation sites excluding steroid dienone is 4. The Morgan fingerprint density at radius 2 is 0.980 bits per heavy atom. The fraction of sp³-hybridized carbons (Fsp3) is 0.0612. The molecule has 240 valence electrons. The summed E-state index contributed by atoms with van der Waals surface area (Å²) in [5.74, 6) is 1.63. The first-order chi connectivity index (χ1) is 25.3. The summed E-state index contributed by atoms with van der Waals surface area (Å²) < 4.78 is 2.67. The maximum Gasteiger partial charge on any atom is 0.0465 e. The summed E-state index contributed by atoms with van der Waals surface area (Å²) in [6, 6.07) is 62.7. The summed E-state index contributed by atoms with van der Waals surface area (Å²) in [6.45, 7) is 0. The predicted octanol–water partition coefficient (Wildman–Crippen LogP) is 13.5. The number of hydrogen-bond donors (Lipinski definition) is 0. The lowest BCUT2D eigenvalue weighted by Gasteiger charge is -2.31. The molecule has 0 saturated heterocycles. The summed E-state index contributed by atoms with van der Waals surface area (Å²) in [4.78, 5) is 2.55. The number of hydrogen-bond acceptors (Lipinski definition) is 2. The summed E-state index contributed by atoms with van der Waals surface area (Å²) in [5.41, 5.74) is 15.6. The van der Waals surface area contributed by atoms with Gasteiger partial charge in [-0.25, -0.2) is 0 Å². The molecule has 0 radical (unpaired) electrons. The molecule has 2 heteroatoms. The third-order valence-corrected chi connectivity index (χ3v) is 12.4. The van der Waals surface area contributed by atoms with Crippen LogP contribution >= 0.6 is 11.3 Å². The van der Waals surface area contributed by atoms with E-state index >= 15 is 0 Å². The lowest BCUT2D eigenvalue weighted by atomic mass is 9.92. The molecule has 0 aliphatic heterocycles. The largest absolute Gasteiger partial charge is 0.314 e. The smallest absolute Gasteiger partial charge is 0.0465 e. The fourth-order valence-electron chi connectivity index (χ4n) is 8.89. The van der Waals surface area contributed by atoms with E-state index in [1.165, 1.54) is 87.3 Å². The highest BCUT2D eigenvalue weighted by molar-refractivity contribution is 7.25. The van der Waals surface area contributed by atoms with Crippen molar-refractivity contribution in [2.75, 3.05) is 4.90 Å². The highest BCUT2D eigenvalue weighted by atomic mass is 32.1. The quantitative estimate of drug-likeness (QED) is 0.171. The SMILES string of the molecule is C1=C2c3ccccc3C3C2C3C(N(c2ccc(-c3cc(-c4ccccc4)cc(-c4ccccc4)c3)cc2)c2ccc3sc4ccccc4c3c2)=C1. The van der Waals surface area contributed by atoms with Gasteiger partial charge in [-0.3, -0.25) is 0 Å². The number of nitrogens with zero attached hydrogens (tertiary/aromatic N) is 1. The zero-order valence-electron chi connectivity index (χ0n) is 27.9. The average Bonchev–Trinajstić information content (AvgIpc) is 3.71. The minimum atomic E-state index is 0.491. The van der Waals surface area contributed by atoms with E-state index in [1.54, 1.807) is 0 Å². The lowest BCUT2D eigenvalue weighted by Crippen LogP contribution is -2.20. The van der Waals surface area contributed by atoms with Crippen molar-refractivity contribution >= 4 is 48.5 Å². The van der Waals surface area contributed by atoms with Crippen molar-refractivity contribution in [3.8, 4) is 33.4 Å². The van der Waals surface area contributed by atoms with Crippen LogP contribution in [-0.2, 0) is 0 Å². The molecule has 51 heavy (non-hydrogen) atoms. The van der Waals surface area contributed by atoms with Crippen molar-refractivity contribution in [3.63, 3.8) is 0 Å². The van der Waals surface area contributed by atoms with E-state index < -0.39 is 0 Å². The standard InChI is InChI=1S/C49H33NS/c1-3-11-31(12-4-1)34-27-35(32-13-5-2-6-14-32)29-36(28-34)33-19-21-37(22-20-33)50(38-23-26-46-43(30-38)40-16-9-10-18-45(40)51-46)44-25-24-42-39-15-7-8-17-41(39)47-48(42)49(44)47/h1-30,47-49H. The summed E-state index contributed by atoms with van der Waals surface area (Å²) in [7, 11) is 0. The van der Waals surface area contributed by atoms with Crippen LogP contribution in [0.2, 0.25) is 0 Å². The van der Waals surface area contributed by atoms with E-state index in [2.05, 4.69) is 187 Å². The Bertz CT molecular complexity index is 2640. The van der Waals surface area contributed by atoms with E-state index in [1.807, 2.05) is 11.3 Å². The first-order valence-electron chi connectivity index (χ1n) is 17.9. The van der Waals surface area contributed by atoms with Gasteiger partial charge in [-0.2, -0.15) is 0 Å². The van der Waals surface area contributed by atoms with Gasteiger partial charge in [-0.1, -0.05) is 121 Å². The zero-order valence-corrected chi connectivity index (χ0v) is 28.7. The highest BCUT2D eigenvalue weighted by Gasteiger charge is 2.61. The van der Waals surface area contributed by atoms with E-state index in [-0.39, 0.29) is 0 Å². The third kappa shape index (κ3) is 4.60. The molecule has 0 amide bonds. The Hall–Kier alpha value is -5.96. The van der Waals surface area contributed by atoms with Crippen LogP contribution < -0.4 is 4.90 Å². The second kappa shape index (κ2) is 11.3. The molecule has 1 aromatic heterocycles. The van der Waals surface area contributed by atoms with E-state index in [4.69, 9.17) is 0 Å².